The number of rotatable bonds is 6. The zero-order chi connectivity index (χ0) is 22.1. The fourth-order valence-electron chi connectivity index (χ4n) is 3.75. The number of carbonyl (C=O) groups is 1. The lowest BCUT2D eigenvalue weighted by Crippen LogP contribution is -2.23. The summed E-state index contributed by atoms with van der Waals surface area (Å²) in [5.74, 6) is -0.395. The number of nitrogens with one attached hydrogen (secondary N) is 1. The zero-order valence-corrected chi connectivity index (χ0v) is 17.3. The number of anilines is 1. The highest BCUT2D eigenvalue weighted by Crippen LogP contribution is 2.35. The second-order valence-electron chi connectivity index (χ2n) is 7.06. The van der Waals surface area contributed by atoms with Crippen LogP contribution in [0.2, 0.25) is 0 Å². The molecular weight excluding hydrogens is 404 g/mol. The quantitative estimate of drug-likeness (QED) is 0.640. The van der Waals surface area contributed by atoms with E-state index in [0.717, 1.165) is 5.56 Å². The molecule has 0 saturated carbocycles. The molecule has 0 bridgehead atoms. The van der Waals surface area contributed by atoms with Crippen molar-refractivity contribution >= 4 is 11.6 Å². The summed E-state index contributed by atoms with van der Waals surface area (Å²) in [6, 6.07) is 10.5. The molecule has 1 N–H and O–H groups in total. The summed E-state index contributed by atoms with van der Waals surface area (Å²) < 4.78 is 39.3. The van der Waals surface area contributed by atoms with Crippen LogP contribution in [0.5, 0.6) is 11.5 Å². The van der Waals surface area contributed by atoms with Crippen molar-refractivity contribution in [2.75, 3.05) is 26.6 Å². The summed E-state index contributed by atoms with van der Waals surface area (Å²) in [5, 5.41) is 2.96. The molecule has 1 aliphatic heterocycles. The van der Waals surface area contributed by atoms with E-state index in [9.17, 15) is 13.6 Å². The first-order valence-corrected chi connectivity index (χ1v) is 9.63. The van der Waals surface area contributed by atoms with Gasteiger partial charge in [-0.3, -0.25) is 4.79 Å². The van der Waals surface area contributed by atoms with Crippen LogP contribution in [0.15, 0.2) is 42.5 Å². The molecule has 0 unspecified atom stereocenters. The van der Waals surface area contributed by atoms with E-state index in [1.54, 1.807) is 38.3 Å². The number of aromatic nitrogens is 1. The van der Waals surface area contributed by atoms with Gasteiger partial charge in [0.2, 0.25) is 0 Å². The first kappa shape index (κ1) is 20.6. The Morgan fingerprint density at radius 2 is 1.81 bits per heavy atom. The van der Waals surface area contributed by atoms with Crippen LogP contribution in [-0.4, -0.2) is 37.1 Å². The molecule has 1 aliphatic rings. The van der Waals surface area contributed by atoms with Gasteiger partial charge in [0.25, 0.3) is 5.91 Å². The van der Waals surface area contributed by atoms with E-state index in [1.807, 2.05) is 6.07 Å². The standard InChI is InChI=1S/C23H21F2N3O3/c1-26-17-10-18(21-15(24)5-4-6-16(21)25)27-19-12-28(23(29)22(17)19)11-13-7-8-14(30-2)9-20(13)31-3/h4-10H,11-12H2,1-3H3,(H,26,27). The van der Waals surface area contributed by atoms with Crippen molar-refractivity contribution in [2.45, 2.75) is 13.1 Å². The molecule has 6 nitrogen and oxygen atoms in total. The molecule has 160 valence electrons. The fourth-order valence-corrected chi connectivity index (χ4v) is 3.75. The van der Waals surface area contributed by atoms with E-state index in [0.29, 0.717) is 28.4 Å². The molecule has 0 atom stereocenters. The number of carbonyl (C=O) groups excluding carboxylic acids is 1. The van der Waals surface area contributed by atoms with E-state index in [2.05, 4.69) is 10.3 Å². The van der Waals surface area contributed by atoms with E-state index in [1.165, 1.54) is 24.3 Å². The van der Waals surface area contributed by atoms with Crippen LogP contribution in [0.3, 0.4) is 0 Å². The Hall–Kier alpha value is -3.68. The molecular formula is C23H21F2N3O3. The minimum atomic E-state index is -0.710. The molecule has 31 heavy (non-hydrogen) atoms. The minimum absolute atomic E-state index is 0.135. The van der Waals surface area contributed by atoms with E-state index < -0.39 is 11.6 Å². The van der Waals surface area contributed by atoms with Crippen molar-refractivity contribution in [3.05, 3.63) is 70.9 Å². The largest absolute Gasteiger partial charge is 0.497 e. The summed E-state index contributed by atoms with van der Waals surface area (Å²) in [6.45, 7) is 0.497. The molecule has 0 spiro atoms. The fraction of sp³-hybridized carbons (Fsp3) is 0.217. The van der Waals surface area contributed by atoms with Crippen LogP contribution in [0.25, 0.3) is 11.3 Å². The van der Waals surface area contributed by atoms with Gasteiger partial charge in [-0.2, -0.15) is 0 Å². The maximum atomic E-state index is 14.3. The smallest absolute Gasteiger partial charge is 0.258 e. The van der Waals surface area contributed by atoms with Crippen molar-refractivity contribution in [3.8, 4) is 22.8 Å². The Bertz CT molecular complexity index is 1150. The first-order valence-electron chi connectivity index (χ1n) is 9.63. The third-order valence-electron chi connectivity index (χ3n) is 5.28. The molecule has 4 rings (SSSR count). The Morgan fingerprint density at radius 3 is 2.45 bits per heavy atom. The average molecular weight is 425 g/mol. The molecule has 2 aromatic carbocycles. The molecule has 1 amide bonds. The number of pyridine rings is 1. The summed E-state index contributed by atoms with van der Waals surface area (Å²) in [6.07, 6.45) is 0. The second kappa shape index (κ2) is 8.22. The summed E-state index contributed by atoms with van der Waals surface area (Å²) in [7, 11) is 4.77. The van der Waals surface area contributed by atoms with Crippen LogP contribution in [0, 0.1) is 11.6 Å². The molecule has 2 heterocycles. The highest BCUT2D eigenvalue weighted by Gasteiger charge is 2.33. The summed E-state index contributed by atoms with van der Waals surface area (Å²) in [4.78, 5) is 19.2. The number of nitrogens with zero attached hydrogens (tertiary/aromatic N) is 2. The molecule has 8 heteroatoms. The number of ether oxygens (including phenoxy) is 2. The zero-order valence-electron chi connectivity index (χ0n) is 17.3. The number of halogens is 2. The van der Waals surface area contributed by atoms with Crippen molar-refractivity contribution in [1.82, 2.24) is 9.88 Å². The topological polar surface area (TPSA) is 63.7 Å². The van der Waals surface area contributed by atoms with Crippen LogP contribution in [0.4, 0.5) is 14.5 Å². The van der Waals surface area contributed by atoms with Crippen molar-refractivity contribution in [3.63, 3.8) is 0 Å². The molecule has 0 saturated heterocycles. The number of benzene rings is 2. The predicted octanol–water partition coefficient (Wildman–Crippen LogP) is 4.24. The Labute approximate surface area is 178 Å². The molecule has 1 aromatic heterocycles. The molecule has 0 aliphatic carbocycles. The second-order valence-corrected chi connectivity index (χ2v) is 7.06. The third kappa shape index (κ3) is 3.65. The monoisotopic (exact) mass is 425 g/mol. The Kier molecular flexibility index (Phi) is 5.46. The highest BCUT2D eigenvalue weighted by atomic mass is 19.1. The minimum Gasteiger partial charge on any atom is -0.497 e. The van der Waals surface area contributed by atoms with Crippen LogP contribution in [-0.2, 0) is 13.1 Å². The van der Waals surface area contributed by atoms with Gasteiger partial charge in [0, 0.05) is 18.7 Å². The van der Waals surface area contributed by atoms with Gasteiger partial charge in [0.05, 0.1) is 55.5 Å². The van der Waals surface area contributed by atoms with Crippen LogP contribution >= 0.6 is 0 Å². The van der Waals surface area contributed by atoms with Gasteiger partial charge in [0.1, 0.15) is 23.1 Å². The number of hydrogen-bond donors (Lipinski definition) is 1. The first-order chi connectivity index (χ1) is 15.0. The van der Waals surface area contributed by atoms with Gasteiger partial charge in [-0.25, -0.2) is 13.8 Å². The maximum absolute atomic E-state index is 14.3. The van der Waals surface area contributed by atoms with Gasteiger partial charge in [-0.15, -0.1) is 0 Å². The van der Waals surface area contributed by atoms with Crippen molar-refractivity contribution < 1.29 is 23.0 Å². The number of amides is 1. The number of hydrogen-bond acceptors (Lipinski definition) is 5. The van der Waals surface area contributed by atoms with Gasteiger partial charge >= 0.3 is 0 Å². The molecule has 0 fully saturated rings. The lowest BCUT2D eigenvalue weighted by Gasteiger charge is -2.18. The van der Waals surface area contributed by atoms with E-state index in [-0.39, 0.29) is 30.3 Å². The van der Waals surface area contributed by atoms with Gasteiger partial charge in [-0.1, -0.05) is 6.07 Å². The maximum Gasteiger partial charge on any atom is 0.258 e. The van der Waals surface area contributed by atoms with Crippen molar-refractivity contribution in [2.24, 2.45) is 0 Å². The molecule has 0 radical (unpaired) electrons. The van der Waals surface area contributed by atoms with Crippen molar-refractivity contribution in [1.29, 1.82) is 0 Å². The lowest BCUT2D eigenvalue weighted by molar-refractivity contribution is 0.0766. The highest BCUT2D eigenvalue weighted by molar-refractivity contribution is 6.03. The predicted molar refractivity (Wildman–Crippen MR) is 112 cm³/mol. The van der Waals surface area contributed by atoms with Crippen LogP contribution < -0.4 is 14.8 Å². The van der Waals surface area contributed by atoms with E-state index in [4.69, 9.17) is 9.47 Å². The number of methoxy groups -OCH3 is 2. The third-order valence-corrected chi connectivity index (χ3v) is 5.28. The summed E-state index contributed by atoms with van der Waals surface area (Å²) >= 11 is 0. The Morgan fingerprint density at radius 1 is 1.06 bits per heavy atom. The molecule has 3 aromatic rings. The van der Waals surface area contributed by atoms with Gasteiger partial charge in [-0.05, 0) is 30.3 Å². The van der Waals surface area contributed by atoms with Gasteiger partial charge < -0.3 is 19.7 Å². The lowest BCUT2D eigenvalue weighted by atomic mass is 10.1. The SMILES string of the molecule is CNc1cc(-c2c(F)cccc2F)nc2c1C(=O)N(Cc1ccc(OC)cc1OC)C2. The average Bonchev–Trinajstić information content (AvgIpc) is 3.08. The Balaban J connectivity index is 1.71. The number of fused-ring (bicyclic) bond motifs is 1. The van der Waals surface area contributed by atoms with Gasteiger partial charge in [0.15, 0.2) is 0 Å². The summed E-state index contributed by atoms with van der Waals surface area (Å²) in [5.41, 5.74) is 2.05. The van der Waals surface area contributed by atoms with Crippen LogP contribution in [0.1, 0.15) is 21.6 Å². The van der Waals surface area contributed by atoms with E-state index >= 15 is 0 Å². The normalized spacial score (nSPS) is 12.7.